The molecule has 0 spiro atoms. The minimum absolute atomic E-state index is 0.764. The first-order chi connectivity index (χ1) is 10.6. The molecule has 0 aliphatic carbocycles. The molecule has 0 saturated carbocycles. The SMILES string of the molecule is COc1cc(-c2ccc(C)s2)c(-c2ccc(C)s2)cc1OC. The summed E-state index contributed by atoms with van der Waals surface area (Å²) in [5.74, 6) is 1.53. The lowest BCUT2D eigenvalue weighted by molar-refractivity contribution is 0.355. The van der Waals surface area contributed by atoms with E-state index in [1.165, 1.54) is 30.6 Å². The molecule has 4 heteroatoms. The molecule has 2 heterocycles. The van der Waals surface area contributed by atoms with Gasteiger partial charge < -0.3 is 9.47 Å². The fourth-order valence-corrected chi connectivity index (χ4v) is 4.24. The monoisotopic (exact) mass is 330 g/mol. The van der Waals surface area contributed by atoms with E-state index in [-0.39, 0.29) is 0 Å². The van der Waals surface area contributed by atoms with E-state index in [0.29, 0.717) is 0 Å². The summed E-state index contributed by atoms with van der Waals surface area (Å²) in [6.45, 7) is 4.26. The van der Waals surface area contributed by atoms with Crippen LogP contribution in [0, 0.1) is 13.8 Å². The summed E-state index contributed by atoms with van der Waals surface area (Å²) >= 11 is 3.59. The van der Waals surface area contributed by atoms with Gasteiger partial charge in [-0.15, -0.1) is 22.7 Å². The van der Waals surface area contributed by atoms with Crippen LogP contribution in [0.4, 0.5) is 0 Å². The molecule has 0 atom stereocenters. The van der Waals surface area contributed by atoms with E-state index in [9.17, 15) is 0 Å². The Morgan fingerprint density at radius 2 is 1.09 bits per heavy atom. The maximum atomic E-state index is 5.48. The maximum absolute atomic E-state index is 5.48. The van der Waals surface area contributed by atoms with Gasteiger partial charge in [-0.2, -0.15) is 0 Å². The van der Waals surface area contributed by atoms with Crippen molar-refractivity contribution >= 4 is 22.7 Å². The molecule has 2 nitrogen and oxygen atoms in total. The fraction of sp³-hybridized carbons (Fsp3) is 0.222. The lowest BCUT2D eigenvalue weighted by atomic mass is 10.0. The molecule has 0 radical (unpaired) electrons. The van der Waals surface area contributed by atoms with Crippen molar-refractivity contribution in [3.05, 3.63) is 46.2 Å². The van der Waals surface area contributed by atoms with Gasteiger partial charge in [0.2, 0.25) is 0 Å². The Hall–Kier alpha value is -1.78. The first-order valence-electron chi connectivity index (χ1n) is 7.02. The molecule has 0 saturated heterocycles. The van der Waals surface area contributed by atoms with Gasteiger partial charge in [-0.3, -0.25) is 0 Å². The molecule has 3 rings (SSSR count). The summed E-state index contributed by atoms with van der Waals surface area (Å²) < 4.78 is 11.0. The van der Waals surface area contributed by atoms with Gasteiger partial charge in [0.25, 0.3) is 0 Å². The second-order valence-corrected chi connectivity index (χ2v) is 7.65. The number of ether oxygens (including phenoxy) is 2. The molecule has 0 N–H and O–H groups in total. The van der Waals surface area contributed by atoms with Crippen LogP contribution in [0.25, 0.3) is 20.9 Å². The summed E-state index contributed by atoms with van der Waals surface area (Å²) in [5.41, 5.74) is 2.38. The van der Waals surface area contributed by atoms with E-state index in [4.69, 9.17) is 9.47 Å². The van der Waals surface area contributed by atoms with Crippen LogP contribution in [0.15, 0.2) is 36.4 Å². The third-order valence-electron chi connectivity index (χ3n) is 3.54. The maximum Gasteiger partial charge on any atom is 0.161 e. The number of methoxy groups -OCH3 is 2. The summed E-state index contributed by atoms with van der Waals surface area (Å²) in [4.78, 5) is 5.11. The van der Waals surface area contributed by atoms with Crippen molar-refractivity contribution in [1.82, 2.24) is 0 Å². The van der Waals surface area contributed by atoms with Gasteiger partial charge in [-0.05, 0) is 50.2 Å². The van der Waals surface area contributed by atoms with Gasteiger partial charge in [0, 0.05) is 30.6 Å². The van der Waals surface area contributed by atoms with Crippen LogP contribution < -0.4 is 9.47 Å². The minimum atomic E-state index is 0.764. The third-order valence-corrected chi connectivity index (χ3v) is 5.60. The molecule has 0 unspecified atom stereocenters. The Morgan fingerprint density at radius 3 is 1.36 bits per heavy atom. The van der Waals surface area contributed by atoms with E-state index in [1.54, 1.807) is 36.9 Å². The van der Waals surface area contributed by atoms with Crippen molar-refractivity contribution in [2.75, 3.05) is 14.2 Å². The van der Waals surface area contributed by atoms with Crippen LogP contribution in [0.5, 0.6) is 11.5 Å². The Labute approximate surface area is 139 Å². The Bertz CT molecular complexity index is 732. The van der Waals surface area contributed by atoms with E-state index in [1.807, 2.05) is 0 Å². The van der Waals surface area contributed by atoms with E-state index in [0.717, 1.165) is 11.5 Å². The van der Waals surface area contributed by atoms with Crippen LogP contribution in [0.1, 0.15) is 9.75 Å². The molecule has 2 aromatic heterocycles. The van der Waals surface area contributed by atoms with Gasteiger partial charge in [0.05, 0.1) is 14.2 Å². The highest BCUT2D eigenvalue weighted by Gasteiger charge is 2.16. The highest BCUT2D eigenvalue weighted by molar-refractivity contribution is 7.16. The normalized spacial score (nSPS) is 10.7. The van der Waals surface area contributed by atoms with Gasteiger partial charge in [-0.25, -0.2) is 0 Å². The van der Waals surface area contributed by atoms with Crippen LogP contribution in [-0.4, -0.2) is 14.2 Å². The standard InChI is InChI=1S/C18H18O2S2/c1-11-5-7-17(21-11)13-9-15(19-3)16(20-4)10-14(13)18-8-6-12(2)22-18/h5-10H,1-4H3. The molecule has 1 aromatic carbocycles. The molecule has 0 bridgehead atoms. The molecule has 0 aliphatic heterocycles. The zero-order valence-electron chi connectivity index (χ0n) is 13.1. The average Bonchev–Trinajstić information content (AvgIpc) is 3.14. The highest BCUT2D eigenvalue weighted by Crippen LogP contribution is 2.44. The van der Waals surface area contributed by atoms with Crippen molar-refractivity contribution in [2.45, 2.75) is 13.8 Å². The van der Waals surface area contributed by atoms with Crippen molar-refractivity contribution in [3.8, 4) is 32.4 Å². The first-order valence-corrected chi connectivity index (χ1v) is 8.65. The van der Waals surface area contributed by atoms with E-state index in [2.05, 4.69) is 50.2 Å². The molecule has 0 aliphatic rings. The van der Waals surface area contributed by atoms with Crippen molar-refractivity contribution in [1.29, 1.82) is 0 Å². The van der Waals surface area contributed by atoms with Crippen LogP contribution in [0.3, 0.4) is 0 Å². The summed E-state index contributed by atoms with van der Waals surface area (Å²) in [6, 6.07) is 12.8. The zero-order chi connectivity index (χ0) is 15.7. The molecule has 0 amide bonds. The number of hydrogen-bond acceptors (Lipinski definition) is 4. The van der Waals surface area contributed by atoms with Crippen LogP contribution in [0.2, 0.25) is 0 Å². The summed E-state index contributed by atoms with van der Waals surface area (Å²) in [5, 5.41) is 0. The Balaban J connectivity index is 2.25. The van der Waals surface area contributed by atoms with E-state index < -0.39 is 0 Å². The molecular formula is C18H18O2S2. The average molecular weight is 330 g/mol. The quantitative estimate of drug-likeness (QED) is 0.604. The van der Waals surface area contributed by atoms with Gasteiger partial charge in [-0.1, -0.05) is 0 Å². The number of rotatable bonds is 4. The lowest BCUT2D eigenvalue weighted by Crippen LogP contribution is -1.92. The van der Waals surface area contributed by atoms with Gasteiger partial charge in [0.15, 0.2) is 11.5 Å². The smallest absolute Gasteiger partial charge is 0.161 e. The van der Waals surface area contributed by atoms with Crippen molar-refractivity contribution < 1.29 is 9.47 Å². The van der Waals surface area contributed by atoms with Gasteiger partial charge >= 0.3 is 0 Å². The second kappa shape index (κ2) is 6.15. The summed E-state index contributed by atoms with van der Waals surface area (Å²) in [6.07, 6.45) is 0. The lowest BCUT2D eigenvalue weighted by Gasteiger charge is -2.13. The molecule has 3 aromatic rings. The first kappa shape index (κ1) is 15.1. The number of aryl methyl sites for hydroxylation is 2. The molecule has 0 fully saturated rings. The predicted octanol–water partition coefficient (Wildman–Crippen LogP) is 5.78. The topological polar surface area (TPSA) is 18.5 Å². The van der Waals surface area contributed by atoms with Crippen LogP contribution in [-0.2, 0) is 0 Å². The predicted molar refractivity (Wildman–Crippen MR) is 95.6 cm³/mol. The van der Waals surface area contributed by atoms with Crippen molar-refractivity contribution in [3.63, 3.8) is 0 Å². The number of hydrogen-bond donors (Lipinski definition) is 0. The van der Waals surface area contributed by atoms with Gasteiger partial charge in [0.1, 0.15) is 0 Å². The Kier molecular flexibility index (Phi) is 4.23. The fourth-order valence-electron chi connectivity index (χ4n) is 2.45. The van der Waals surface area contributed by atoms with Crippen LogP contribution >= 0.6 is 22.7 Å². The Morgan fingerprint density at radius 1 is 0.682 bits per heavy atom. The number of thiophene rings is 2. The van der Waals surface area contributed by atoms with Crippen molar-refractivity contribution in [2.24, 2.45) is 0 Å². The van der Waals surface area contributed by atoms with E-state index >= 15 is 0 Å². The summed E-state index contributed by atoms with van der Waals surface area (Å²) in [7, 11) is 3.35. The second-order valence-electron chi connectivity index (χ2n) is 5.07. The molecule has 22 heavy (non-hydrogen) atoms. The highest BCUT2D eigenvalue weighted by atomic mass is 32.1. The molecule has 114 valence electrons. The largest absolute Gasteiger partial charge is 0.493 e. The third kappa shape index (κ3) is 2.76. The molecular weight excluding hydrogens is 312 g/mol. The number of benzene rings is 1. The minimum Gasteiger partial charge on any atom is -0.493 e. The zero-order valence-corrected chi connectivity index (χ0v) is 14.7.